The maximum absolute atomic E-state index is 9.79. The largest absolute Gasteiger partial charge is 0.507 e. The molecular formula is C17H14O. The van der Waals surface area contributed by atoms with Crippen LogP contribution < -0.4 is 0 Å². The van der Waals surface area contributed by atoms with E-state index in [1.807, 2.05) is 24.3 Å². The maximum Gasteiger partial charge on any atom is 0.123 e. The third-order valence-corrected chi connectivity index (χ3v) is 3.31. The Morgan fingerprint density at radius 3 is 2.50 bits per heavy atom. The molecule has 0 radical (unpaired) electrons. The summed E-state index contributed by atoms with van der Waals surface area (Å²) in [5.74, 6) is 0.337. The molecule has 0 unspecified atom stereocenters. The van der Waals surface area contributed by atoms with Gasteiger partial charge in [-0.15, -0.1) is 0 Å². The Morgan fingerprint density at radius 1 is 0.833 bits per heavy atom. The van der Waals surface area contributed by atoms with Crippen molar-refractivity contribution in [2.45, 2.75) is 6.92 Å². The van der Waals surface area contributed by atoms with E-state index in [1.54, 1.807) is 6.07 Å². The van der Waals surface area contributed by atoms with E-state index in [0.717, 1.165) is 10.8 Å². The molecule has 0 aromatic heterocycles. The molecule has 0 heterocycles. The van der Waals surface area contributed by atoms with Gasteiger partial charge in [0.25, 0.3) is 0 Å². The maximum atomic E-state index is 9.79. The van der Waals surface area contributed by atoms with Crippen LogP contribution in [0.3, 0.4) is 0 Å². The fraction of sp³-hybridized carbons (Fsp3) is 0.0588. The van der Waals surface area contributed by atoms with Crippen LogP contribution in [0, 0.1) is 6.92 Å². The first-order chi connectivity index (χ1) is 8.75. The summed E-state index contributed by atoms with van der Waals surface area (Å²) in [6.45, 7) is 2.11. The van der Waals surface area contributed by atoms with Crippen molar-refractivity contribution in [3.63, 3.8) is 0 Å². The zero-order valence-electron chi connectivity index (χ0n) is 10.2. The lowest BCUT2D eigenvalue weighted by atomic mass is 9.98. The minimum atomic E-state index is 0.337. The van der Waals surface area contributed by atoms with E-state index < -0.39 is 0 Å². The van der Waals surface area contributed by atoms with Crippen LogP contribution in [0.4, 0.5) is 0 Å². The number of benzene rings is 3. The van der Waals surface area contributed by atoms with Crippen molar-refractivity contribution in [3.8, 4) is 16.9 Å². The molecule has 1 heteroatoms. The predicted molar refractivity (Wildman–Crippen MR) is 75.8 cm³/mol. The number of aromatic hydroxyl groups is 1. The third-order valence-electron chi connectivity index (χ3n) is 3.31. The lowest BCUT2D eigenvalue weighted by molar-refractivity contribution is 0.481. The molecule has 1 N–H and O–H groups in total. The number of hydrogen-bond acceptors (Lipinski definition) is 1. The van der Waals surface area contributed by atoms with Gasteiger partial charge in [-0.2, -0.15) is 0 Å². The van der Waals surface area contributed by atoms with Crippen molar-refractivity contribution < 1.29 is 5.11 Å². The van der Waals surface area contributed by atoms with E-state index in [2.05, 4.69) is 37.3 Å². The van der Waals surface area contributed by atoms with Gasteiger partial charge in [-0.25, -0.2) is 0 Å². The third kappa shape index (κ3) is 1.74. The summed E-state index contributed by atoms with van der Waals surface area (Å²) in [5, 5.41) is 11.8. The Kier molecular flexibility index (Phi) is 2.52. The molecule has 0 saturated carbocycles. The van der Waals surface area contributed by atoms with E-state index in [1.165, 1.54) is 16.7 Å². The predicted octanol–water partition coefficient (Wildman–Crippen LogP) is 4.52. The van der Waals surface area contributed by atoms with Crippen LogP contribution in [-0.2, 0) is 0 Å². The highest BCUT2D eigenvalue weighted by molar-refractivity contribution is 5.91. The molecule has 1 nitrogen and oxygen atoms in total. The highest BCUT2D eigenvalue weighted by Gasteiger charge is 2.04. The van der Waals surface area contributed by atoms with Gasteiger partial charge < -0.3 is 5.11 Å². The van der Waals surface area contributed by atoms with Gasteiger partial charge in [0.05, 0.1) is 0 Å². The van der Waals surface area contributed by atoms with Crippen LogP contribution in [0.2, 0.25) is 0 Å². The molecule has 3 aromatic carbocycles. The number of phenolic OH excluding ortho intramolecular Hbond substituents is 1. The standard InChI is InChI=1S/C17H14O/c1-12-5-2-3-7-15(12)14-9-10-16-13(11-14)6-4-8-17(16)18/h2-11,18H,1H3. The minimum Gasteiger partial charge on any atom is -0.507 e. The summed E-state index contributed by atoms with van der Waals surface area (Å²) >= 11 is 0. The summed E-state index contributed by atoms with van der Waals surface area (Å²) in [7, 11) is 0. The normalized spacial score (nSPS) is 10.7. The molecule has 0 fully saturated rings. The van der Waals surface area contributed by atoms with E-state index in [9.17, 15) is 5.11 Å². The van der Waals surface area contributed by atoms with Crippen LogP contribution >= 0.6 is 0 Å². The first kappa shape index (κ1) is 10.8. The lowest BCUT2D eigenvalue weighted by Crippen LogP contribution is -1.83. The van der Waals surface area contributed by atoms with Crippen LogP contribution in [-0.4, -0.2) is 5.11 Å². The molecule has 0 aliphatic heterocycles. The SMILES string of the molecule is Cc1ccccc1-c1ccc2c(O)cccc2c1. The number of rotatable bonds is 1. The Labute approximate surface area is 106 Å². The molecule has 0 aliphatic carbocycles. The molecule has 0 spiro atoms. The highest BCUT2D eigenvalue weighted by Crippen LogP contribution is 2.30. The van der Waals surface area contributed by atoms with E-state index in [4.69, 9.17) is 0 Å². The lowest BCUT2D eigenvalue weighted by Gasteiger charge is -2.08. The van der Waals surface area contributed by atoms with E-state index >= 15 is 0 Å². The van der Waals surface area contributed by atoms with Gasteiger partial charge >= 0.3 is 0 Å². The van der Waals surface area contributed by atoms with Gasteiger partial charge in [0.2, 0.25) is 0 Å². The second-order valence-electron chi connectivity index (χ2n) is 4.53. The molecule has 0 saturated heterocycles. The number of hydrogen-bond donors (Lipinski definition) is 1. The Morgan fingerprint density at radius 2 is 1.67 bits per heavy atom. The summed E-state index contributed by atoms with van der Waals surface area (Å²) in [5.41, 5.74) is 3.69. The Bertz CT molecular complexity index is 714. The molecule has 3 rings (SSSR count). The van der Waals surface area contributed by atoms with Gasteiger partial charge in [0.15, 0.2) is 0 Å². The summed E-state index contributed by atoms with van der Waals surface area (Å²) in [4.78, 5) is 0. The smallest absolute Gasteiger partial charge is 0.123 e. The summed E-state index contributed by atoms with van der Waals surface area (Å²) in [6, 6.07) is 20.1. The summed E-state index contributed by atoms with van der Waals surface area (Å²) in [6.07, 6.45) is 0. The fourth-order valence-electron chi connectivity index (χ4n) is 2.33. The van der Waals surface area contributed by atoms with Gasteiger partial charge in [-0.3, -0.25) is 0 Å². The van der Waals surface area contributed by atoms with E-state index in [0.29, 0.717) is 5.75 Å². The molecule has 88 valence electrons. The van der Waals surface area contributed by atoms with Crippen LogP contribution in [0.25, 0.3) is 21.9 Å². The number of fused-ring (bicyclic) bond motifs is 1. The molecule has 0 atom stereocenters. The Balaban J connectivity index is 2.23. The second-order valence-corrected chi connectivity index (χ2v) is 4.53. The molecule has 0 aliphatic rings. The van der Waals surface area contributed by atoms with Crippen LogP contribution in [0.15, 0.2) is 60.7 Å². The molecular weight excluding hydrogens is 220 g/mol. The van der Waals surface area contributed by atoms with Crippen molar-refractivity contribution in [1.82, 2.24) is 0 Å². The minimum absolute atomic E-state index is 0.337. The number of aryl methyl sites for hydroxylation is 1. The average Bonchev–Trinajstić information content (AvgIpc) is 2.39. The zero-order chi connectivity index (χ0) is 12.5. The quantitative estimate of drug-likeness (QED) is 0.656. The summed E-state index contributed by atoms with van der Waals surface area (Å²) < 4.78 is 0. The fourth-order valence-corrected chi connectivity index (χ4v) is 2.33. The first-order valence-corrected chi connectivity index (χ1v) is 6.03. The van der Waals surface area contributed by atoms with Gasteiger partial charge in [0, 0.05) is 5.39 Å². The topological polar surface area (TPSA) is 20.2 Å². The van der Waals surface area contributed by atoms with Crippen LogP contribution in [0.5, 0.6) is 5.75 Å². The molecule has 0 amide bonds. The Hall–Kier alpha value is -2.28. The van der Waals surface area contributed by atoms with Crippen molar-refractivity contribution in [3.05, 3.63) is 66.2 Å². The first-order valence-electron chi connectivity index (χ1n) is 6.03. The second kappa shape index (κ2) is 4.19. The number of phenols is 1. The monoisotopic (exact) mass is 234 g/mol. The van der Waals surface area contributed by atoms with Gasteiger partial charge in [-0.1, -0.05) is 48.5 Å². The van der Waals surface area contributed by atoms with Crippen molar-refractivity contribution in [1.29, 1.82) is 0 Å². The zero-order valence-corrected chi connectivity index (χ0v) is 10.2. The van der Waals surface area contributed by atoms with Gasteiger partial charge in [0.1, 0.15) is 5.75 Å². The van der Waals surface area contributed by atoms with Gasteiger partial charge in [-0.05, 0) is 41.1 Å². The molecule has 0 bridgehead atoms. The van der Waals surface area contributed by atoms with Crippen molar-refractivity contribution >= 4 is 10.8 Å². The van der Waals surface area contributed by atoms with Crippen molar-refractivity contribution in [2.75, 3.05) is 0 Å². The molecule has 3 aromatic rings. The average molecular weight is 234 g/mol. The van der Waals surface area contributed by atoms with Crippen molar-refractivity contribution in [2.24, 2.45) is 0 Å². The van der Waals surface area contributed by atoms with Crippen LogP contribution in [0.1, 0.15) is 5.56 Å². The highest BCUT2D eigenvalue weighted by atomic mass is 16.3. The van der Waals surface area contributed by atoms with E-state index in [-0.39, 0.29) is 0 Å². The molecule has 18 heavy (non-hydrogen) atoms.